The molecule has 0 unspecified atom stereocenters. The van der Waals surface area contributed by atoms with Crippen molar-refractivity contribution >= 4 is 11.6 Å². The zero-order chi connectivity index (χ0) is 15.2. The van der Waals surface area contributed by atoms with Gasteiger partial charge in [0.05, 0.1) is 0 Å². The quantitative estimate of drug-likeness (QED) is 0.696. The maximum Gasteiger partial charge on any atom is 0.198 e. The standard InChI is InChI=1S/C18H22N4/c1-2-19-18(21-13-10-16-8-5-6-12-20-16)22-14-11-15-7-3-4-9-17(15)22/h3-9,12H,2,10-11,13-14H2,1H3,(H,19,21). The molecule has 2 aromatic rings. The van der Waals surface area contributed by atoms with Gasteiger partial charge in [0, 0.05) is 43.6 Å². The normalized spacial score (nSPS) is 14.0. The lowest BCUT2D eigenvalue weighted by Crippen LogP contribution is -2.40. The summed E-state index contributed by atoms with van der Waals surface area (Å²) in [6.07, 6.45) is 3.78. The van der Waals surface area contributed by atoms with E-state index in [4.69, 9.17) is 4.99 Å². The van der Waals surface area contributed by atoms with Gasteiger partial charge >= 0.3 is 0 Å². The largest absolute Gasteiger partial charge is 0.356 e. The molecule has 0 fully saturated rings. The summed E-state index contributed by atoms with van der Waals surface area (Å²) in [6.45, 7) is 4.73. The van der Waals surface area contributed by atoms with Crippen molar-refractivity contribution in [3.05, 3.63) is 59.9 Å². The first-order chi connectivity index (χ1) is 10.9. The molecule has 1 aromatic heterocycles. The Kier molecular flexibility index (Phi) is 4.68. The Morgan fingerprint density at radius 3 is 2.91 bits per heavy atom. The van der Waals surface area contributed by atoms with Gasteiger partial charge in [0.1, 0.15) is 0 Å². The average molecular weight is 294 g/mol. The van der Waals surface area contributed by atoms with E-state index in [0.717, 1.165) is 44.1 Å². The monoisotopic (exact) mass is 294 g/mol. The van der Waals surface area contributed by atoms with Crippen molar-refractivity contribution in [2.45, 2.75) is 19.8 Å². The van der Waals surface area contributed by atoms with Gasteiger partial charge in [-0.25, -0.2) is 0 Å². The Bertz CT molecular complexity index is 637. The van der Waals surface area contributed by atoms with Crippen LogP contribution in [0.5, 0.6) is 0 Å². The molecule has 1 aliphatic heterocycles. The van der Waals surface area contributed by atoms with Crippen molar-refractivity contribution in [1.29, 1.82) is 0 Å². The molecule has 3 rings (SSSR count). The Balaban J connectivity index is 1.71. The molecule has 1 aliphatic rings. The minimum absolute atomic E-state index is 0.748. The van der Waals surface area contributed by atoms with Crippen molar-refractivity contribution < 1.29 is 0 Å². The van der Waals surface area contributed by atoms with Crippen LogP contribution in [-0.2, 0) is 12.8 Å². The zero-order valence-electron chi connectivity index (χ0n) is 13.0. The maximum absolute atomic E-state index is 4.78. The first-order valence-corrected chi connectivity index (χ1v) is 7.92. The maximum atomic E-state index is 4.78. The van der Waals surface area contributed by atoms with Crippen LogP contribution in [0.4, 0.5) is 5.69 Å². The van der Waals surface area contributed by atoms with Crippen LogP contribution in [0.15, 0.2) is 53.7 Å². The lowest BCUT2D eigenvalue weighted by molar-refractivity contribution is 0.861. The molecule has 0 saturated carbocycles. The summed E-state index contributed by atoms with van der Waals surface area (Å²) in [5.74, 6) is 0.975. The van der Waals surface area contributed by atoms with Gasteiger partial charge in [-0.15, -0.1) is 0 Å². The average Bonchev–Trinajstić information content (AvgIpc) is 2.99. The van der Waals surface area contributed by atoms with Crippen LogP contribution in [0.2, 0.25) is 0 Å². The summed E-state index contributed by atoms with van der Waals surface area (Å²) in [6, 6.07) is 14.6. The number of anilines is 1. The summed E-state index contributed by atoms with van der Waals surface area (Å²) in [5, 5.41) is 3.41. The highest BCUT2D eigenvalue weighted by atomic mass is 15.3. The van der Waals surface area contributed by atoms with Gasteiger partial charge in [-0.3, -0.25) is 9.98 Å². The van der Waals surface area contributed by atoms with E-state index in [2.05, 4.69) is 46.4 Å². The highest BCUT2D eigenvalue weighted by molar-refractivity contribution is 5.97. The van der Waals surface area contributed by atoms with Crippen LogP contribution in [0.3, 0.4) is 0 Å². The molecule has 0 saturated heterocycles. The third-order valence-electron chi connectivity index (χ3n) is 3.83. The smallest absolute Gasteiger partial charge is 0.198 e. The van der Waals surface area contributed by atoms with E-state index in [1.54, 1.807) is 0 Å². The second kappa shape index (κ2) is 7.07. The highest BCUT2D eigenvalue weighted by Crippen LogP contribution is 2.27. The SMILES string of the molecule is CCNC(=NCCc1ccccn1)N1CCc2ccccc21. The van der Waals surface area contributed by atoms with Gasteiger partial charge in [0.15, 0.2) is 5.96 Å². The topological polar surface area (TPSA) is 40.5 Å². The first-order valence-electron chi connectivity index (χ1n) is 7.92. The highest BCUT2D eigenvalue weighted by Gasteiger charge is 2.22. The molecule has 0 aliphatic carbocycles. The first kappa shape index (κ1) is 14.6. The van der Waals surface area contributed by atoms with Crippen molar-refractivity contribution in [2.75, 3.05) is 24.5 Å². The molecular formula is C18H22N4. The number of pyridine rings is 1. The number of fused-ring (bicyclic) bond motifs is 1. The molecule has 114 valence electrons. The van der Waals surface area contributed by atoms with E-state index in [1.165, 1.54) is 11.3 Å². The van der Waals surface area contributed by atoms with E-state index in [-0.39, 0.29) is 0 Å². The predicted octanol–water partition coefficient (Wildman–Crippen LogP) is 2.65. The van der Waals surface area contributed by atoms with Gasteiger partial charge in [-0.1, -0.05) is 24.3 Å². The molecule has 0 atom stereocenters. The zero-order valence-corrected chi connectivity index (χ0v) is 13.0. The lowest BCUT2D eigenvalue weighted by atomic mass is 10.2. The van der Waals surface area contributed by atoms with Crippen LogP contribution in [-0.4, -0.2) is 30.6 Å². The third kappa shape index (κ3) is 3.27. The molecule has 22 heavy (non-hydrogen) atoms. The summed E-state index contributed by atoms with van der Waals surface area (Å²) in [5.41, 5.74) is 3.77. The predicted molar refractivity (Wildman–Crippen MR) is 91.4 cm³/mol. The molecule has 1 N–H and O–H groups in total. The minimum atomic E-state index is 0.748. The summed E-state index contributed by atoms with van der Waals surface area (Å²) < 4.78 is 0. The molecule has 2 heterocycles. The second-order valence-corrected chi connectivity index (χ2v) is 5.34. The molecule has 0 spiro atoms. The number of benzene rings is 1. The van der Waals surface area contributed by atoms with E-state index in [9.17, 15) is 0 Å². The molecule has 0 bridgehead atoms. The van der Waals surface area contributed by atoms with Crippen LogP contribution < -0.4 is 10.2 Å². The van der Waals surface area contributed by atoms with Crippen LogP contribution >= 0.6 is 0 Å². The van der Waals surface area contributed by atoms with Gasteiger partial charge in [0.25, 0.3) is 0 Å². The number of nitrogens with zero attached hydrogens (tertiary/aromatic N) is 3. The summed E-state index contributed by atoms with van der Waals surface area (Å²) in [4.78, 5) is 11.4. The number of rotatable bonds is 4. The van der Waals surface area contributed by atoms with Crippen molar-refractivity contribution in [3.63, 3.8) is 0 Å². The number of nitrogens with one attached hydrogen (secondary N) is 1. The van der Waals surface area contributed by atoms with Gasteiger partial charge in [-0.05, 0) is 37.1 Å². The Morgan fingerprint density at radius 2 is 2.09 bits per heavy atom. The van der Waals surface area contributed by atoms with Crippen molar-refractivity contribution in [3.8, 4) is 0 Å². The van der Waals surface area contributed by atoms with E-state index < -0.39 is 0 Å². The third-order valence-corrected chi connectivity index (χ3v) is 3.83. The van der Waals surface area contributed by atoms with E-state index >= 15 is 0 Å². The van der Waals surface area contributed by atoms with Crippen LogP contribution in [0.1, 0.15) is 18.2 Å². The van der Waals surface area contributed by atoms with E-state index in [0.29, 0.717) is 0 Å². The van der Waals surface area contributed by atoms with Gasteiger partial charge in [-0.2, -0.15) is 0 Å². The number of aromatic nitrogens is 1. The minimum Gasteiger partial charge on any atom is -0.356 e. The molecule has 0 amide bonds. The molecule has 4 heteroatoms. The fourth-order valence-electron chi connectivity index (χ4n) is 2.78. The number of guanidine groups is 1. The molecule has 4 nitrogen and oxygen atoms in total. The number of para-hydroxylation sites is 1. The van der Waals surface area contributed by atoms with Crippen LogP contribution in [0.25, 0.3) is 0 Å². The van der Waals surface area contributed by atoms with E-state index in [1.807, 2.05) is 24.4 Å². The molecule has 1 aromatic carbocycles. The van der Waals surface area contributed by atoms with Crippen LogP contribution in [0, 0.1) is 0 Å². The fourth-order valence-corrected chi connectivity index (χ4v) is 2.78. The number of hydrogen-bond donors (Lipinski definition) is 1. The van der Waals surface area contributed by atoms with Gasteiger partial charge in [0.2, 0.25) is 0 Å². The summed E-state index contributed by atoms with van der Waals surface area (Å²) >= 11 is 0. The lowest BCUT2D eigenvalue weighted by Gasteiger charge is -2.22. The summed E-state index contributed by atoms with van der Waals surface area (Å²) in [7, 11) is 0. The number of aliphatic imine (C=N–C) groups is 1. The Labute approximate surface area is 131 Å². The second-order valence-electron chi connectivity index (χ2n) is 5.34. The molecule has 0 radical (unpaired) electrons. The van der Waals surface area contributed by atoms with Crippen molar-refractivity contribution in [2.24, 2.45) is 4.99 Å². The van der Waals surface area contributed by atoms with Gasteiger partial charge < -0.3 is 10.2 Å². The molecular weight excluding hydrogens is 272 g/mol. The Morgan fingerprint density at radius 1 is 1.23 bits per heavy atom. The van der Waals surface area contributed by atoms with Crippen molar-refractivity contribution in [1.82, 2.24) is 10.3 Å². The number of hydrogen-bond acceptors (Lipinski definition) is 2. The fraction of sp³-hybridized carbons (Fsp3) is 0.333. The Hall–Kier alpha value is -2.36.